The molecule has 3 aromatic heterocycles. The van der Waals surface area contributed by atoms with Crippen molar-refractivity contribution in [3.05, 3.63) is 45.9 Å². The summed E-state index contributed by atoms with van der Waals surface area (Å²) in [5.74, 6) is 0. The molecule has 0 spiro atoms. The van der Waals surface area contributed by atoms with Crippen molar-refractivity contribution in [1.29, 1.82) is 0 Å². The number of likely N-dealkylation sites (N-methyl/N-ethyl adjacent to an activating group) is 1. The Morgan fingerprint density at radius 1 is 1.39 bits per heavy atom. The second kappa shape index (κ2) is 5.22. The third-order valence-corrected chi connectivity index (χ3v) is 4.65. The van der Waals surface area contributed by atoms with E-state index in [1.807, 2.05) is 0 Å². The van der Waals surface area contributed by atoms with E-state index < -0.39 is 0 Å². The Balaban J connectivity index is 1.82. The molecule has 1 unspecified atom stereocenters. The molecule has 0 radical (unpaired) electrons. The van der Waals surface area contributed by atoms with Crippen molar-refractivity contribution in [1.82, 2.24) is 14.7 Å². The van der Waals surface area contributed by atoms with Gasteiger partial charge in [0.2, 0.25) is 0 Å². The summed E-state index contributed by atoms with van der Waals surface area (Å²) in [5.41, 5.74) is 1.15. The van der Waals surface area contributed by atoms with Crippen LogP contribution in [0.2, 0.25) is 0 Å². The molecule has 3 aromatic rings. The molecule has 3 nitrogen and oxygen atoms in total. The minimum absolute atomic E-state index is 0.375. The molecule has 0 fully saturated rings. The van der Waals surface area contributed by atoms with Crippen LogP contribution in [-0.4, -0.2) is 15.9 Å². The average molecular weight is 277 g/mol. The fraction of sp³-hybridized carbons (Fsp3) is 0.308. The number of imidazole rings is 1. The van der Waals surface area contributed by atoms with Gasteiger partial charge in [-0.1, -0.05) is 13.0 Å². The first kappa shape index (κ1) is 11.9. The molecule has 18 heavy (non-hydrogen) atoms. The molecule has 0 aliphatic carbocycles. The quantitative estimate of drug-likeness (QED) is 0.775. The summed E-state index contributed by atoms with van der Waals surface area (Å²) >= 11 is 3.48. The Bertz CT molecular complexity index is 581. The van der Waals surface area contributed by atoms with Gasteiger partial charge in [-0.3, -0.25) is 4.40 Å². The summed E-state index contributed by atoms with van der Waals surface area (Å²) in [6.07, 6.45) is 5.14. The molecule has 3 rings (SSSR count). The molecule has 5 heteroatoms. The lowest BCUT2D eigenvalue weighted by Crippen LogP contribution is -2.22. The summed E-state index contributed by atoms with van der Waals surface area (Å²) in [6.45, 7) is 3.12. The number of fused-ring (bicyclic) bond motifs is 1. The van der Waals surface area contributed by atoms with Gasteiger partial charge in [0.05, 0.1) is 5.69 Å². The van der Waals surface area contributed by atoms with E-state index >= 15 is 0 Å². The van der Waals surface area contributed by atoms with Crippen LogP contribution >= 0.6 is 22.7 Å². The largest absolute Gasteiger partial charge is 0.309 e. The van der Waals surface area contributed by atoms with Crippen LogP contribution in [0.3, 0.4) is 0 Å². The molecule has 1 atom stereocenters. The van der Waals surface area contributed by atoms with Gasteiger partial charge in [-0.25, -0.2) is 4.98 Å². The molecule has 0 saturated carbocycles. The number of aromatic nitrogens is 2. The van der Waals surface area contributed by atoms with Crippen molar-refractivity contribution >= 4 is 27.6 Å². The van der Waals surface area contributed by atoms with E-state index in [-0.39, 0.29) is 0 Å². The fourth-order valence-electron chi connectivity index (χ4n) is 2.09. The molecule has 94 valence electrons. The molecule has 0 amide bonds. The van der Waals surface area contributed by atoms with Crippen molar-refractivity contribution in [3.63, 3.8) is 0 Å². The lowest BCUT2D eigenvalue weighted by Gasteiger charge is -2.14. The minimum atomic E-state index is 0.375. The standard InChI is InChI=1S/C13H15N3S2/c1-2-14-11(12-4-3-6-17-12)8-10-9-16-5-7-18-13(16)15-10/h3-7,9,11,14H,2,8H2,1H3. The molecule has 0 saturated heterocycles. The van der Waals surface area contributed by atoms with Crippen LogP contribution in [0.5, 0.6) is 0 Å². The highest BCUT2D eigenvalue weighted by Crippen LogP contribution is 2.23. The predicted octanol–water partition coefficient (Wildman–Crippen LogP) is 3.35. The summed E-state index contributed by atoms with van der Waals surface area (Å²) in [7, 11) is 0. The van der Waals surface area contributed by atoms with Crippen molar-refractivity contribution < 1.29 is 0 Å². The topological polar surface area (TPSA) is 29.3 Å². The lowest BCUT2D eigenvalue weighted by molar-refractivity contribution is 0.553. The first-order chi connectivity index (χ1) is 8.86. The first-order valence-corrected chi connectivity index (χ1v) is 7.80. The number of rotatable bonds is 5. The summed E-state index contributed by atoms with van der Waals surface area (Å²) in [4.78, 5) is 7.11. The maximum Gasteiger partial charge on any atom is 0.193 e. The molecule has 1 N–H and O–H groups in total. The number of nitrogens with zero attached hydrogens (tertiary/aromatic N) is 2. The maximum absolute atomic E-state index is 4.65. The van der Waals surface area contributed by atoms with Crippen molar-refractivity contribution in [3.8, 4) is 0 Å². The van der Waals surface area contributed by atoms with Crippen LogP contribution in [0.15, 0.2) is 35.3 Å². The van der Waals surface area contributed by atoms with E-state index in [2.05, 4.69) is 56.9 Å². The lowest BCUT2D eigenvalue weighted by atomic mass is 10.1. The molecule has 0 aromatic carbocycles. The molecule has 0 aliphatic heterocycles. The van der Waals surface area contributed by atoms with Crippen LogP contribution < -0.4 is 5.32 Å². The second-order valence-corrected chi connectivity index (χ2v) is 6.01. The van der Waals surface area contributed by atoms with Crippen molar-refractivity contribution in [2.24, 2.45) is 0 Å². The van der Waals surface area contributed by atoms with E-state index in [4.69, 9.17) is 0 Å². The number of nitrogens with one attached hydrogen (secondary N) is 1. The van der Waals surface area contributed by atoms with E-state index in [1.165, 1.54) is 4.88 Å². The number of thiophene rings is 1. The highest BCUT2D eigenvalue weighted by molar-refractivity contribution is 7.15. The smallest absolute Gasteiger partial charge is 0.193 e. The monoisotopic (exact) mass is 277 g/mol. The van der Waals surface area contributed by atoms with Crippen LogP contribution in [-0.2, 0) is 6.42 Å². The molecule has 0 bridgehead atoms. The number of thiazole rings is 1. The zero-order valence-corrected chi connectivity index (χ0v) is 11.8. The van der Waals surface area contributed by atoms with Crippen molar-refractivity contribution in [2.75, 3.05) is 6.54 Å². The molecular weight excluding hydrogens is 262 g/mol. The highest BCUT2D eigenvalue weighted by atomic mass is 32.1. The average Bonchev–Trinajstić information content (AvgIpc) is 3.04. The minimum Gasteiger partial charge on any atom is -0.309 e. The van der Waals surface area contributed by atoms with Gasteiger partial charge in [-0.2, -0.15) is 0 Å². The maximum atomic E-state index is 4.65. The Hall–Kier alpha value is -1.17. The van der Waals surface area contributed by atoms with Crippen LogP contribution in [0.25, 0.3) is 4.96 Å². The van der Waals surface area contributed by atoms with Crippen LogP contribution in [0, 0.1) is 0 Å². The normalized spacial score (nSPS) is 13.2. The van der Waals surface area contributed by atoms with Crippen LogP contribution in [0.4, 0.5) is 0 Å². The Kier molecular flexibility index (Phi) is 3.45. The molecular formula is C13H15N3S2. The summed E-state index contributed by atoms with van der Waals surface area (Å²) in [5, 5.41) is 7.73. The van der Waals surface area contributed by atoms with Gasteiger partial charge >= 0.3 is 0 Å². The van der Waals surface area contributed by atoms with E-state index in [9.17, 15) is 0 Å². The zero-order valence-electron chi connectivity index (χ0n) is 10.2. The van der Waals surface area contributed by atoms with Gasteiger partial charge in [0.15, 0.2) is 4.96 Å². The fourth-order valence-corrected chi connectivity index (χ4v) is 3.61. The van der Waals surface area contributed by atoms with E-state index in [0.717, 1.165) is 23.6 Å². The van der Waals surface area contributed by atoms with Gasteiger partial charge in [-0.15, -0.1) is 22.7 Å². The molecule has 0 aliphatic rings. The zero-order chi connectivity index (χ0) is 12.4. The highest BCUT2D eigenvalue weighted by Gasteiger charge is 2.14. The van der Waals surface area contributed by atoms with Gasteiger partial charge in [0, 0.05) is 35.1 Å². The predicted molar refractivity (Wildman–Crippen MR) is 77.5 cm³/mol. The number of hydrogen-bond acceptors (Lipinski definition) is 4. The Morgan fingerprint density at radius 2 is 2.33 bits per heavy atom. The first-order valence-electron chi connectivity index (χ1n) is 6.04. The number of hydrogen-bond donors (Lipinski definition) is 1. The third-order valence-electron chi connectivity index (χ3n) is 2.89. The summed E-state index contributed by atoms with van der Waals surface area (Å²) in [6, 6.07) is 4.67. The molecule has 3 heterocycles. The second-order valence-electron chi connectivity index (χ2n) is 4.15. The Labute approximate surface area is 114 Å². The van der Waals surface area contributed by atoms with Gasteiger partial charge in [0.25, 0.3) is 0 Å². The van der Waals surface area contributed by atoms with E-state index in [1.54, 1.807) is 22.7 Å². The van der Waals surface area contributed by atoms with Gasteiger partial charge in [0.1, 0.15) is 0 Å². The van der Waals surface area contributed by atoms with Crippen molar-refractivity contribution in [2.45, 2.75) is 19.4 Å². The van der Waals surface area contributed by atoms with Crippen LogP contribution in [0.1, 0.15) is 23.5 Å². The Morgan fingerprint density at radius 3 is 3.06 bits per heavy atom. The van der Waals surface area contributed by atoms with Gasteiger partial charge < -0.3 is 5.32 Å². The third kappa shape index (κ3) is 2.34. The SMILES string of the molecule is CCNC(Cc1cn2ccsc2n1)c1cccs1. The summed E-state index contributed by atoms with van der Waals surface area (Å²) < 4.78 is 2.09. The van der Waals surface area contributed by atoms with Gasteiger partial charge in [-0.05, 0) is 18.0 Å². The van der Waals surface area contributed by atoms with E-state index in [0.29, 0.717) is 6.04 Å².